The average Bonchev–Trinajstić information content (AvgIpc) is 3.10. The number of benzene rings is 1. The van der Waals surface area contributed by atoms with E-state index in [0.717, 1.165) is 30.7 Å². The lowest BCUT2D eigenvalue weighted by Gasteiger charge is -2.36. The largest absolute Gasteiger partial charge is 0.496 e. The van der Waals surface area contributed by atoms with E-state index >= 15 is 0 Å². The summed E-state index contributed by atoms with van der Waals surface area (Å²) in [5, 5.41) is 8.35. The number of nitrogens with one attached hydrogen (secondary N) is 1. The fourth-order valence-electron chi connectivity index (χ4n) is 4.65. The van der Waals surface area contributed by atoms with Crippen LogP contribution in [-0.2, 0) is 28.9 Å². The number of aryl methyl sites for hydroxylation is 2. The Bertz CT molecular complexity index is 1030. The highest BCUT2D eigenvalue weighted by Gasteiger charge is 2.39. The maximum atomic E-state index is 12.9. The fourth-order valence-corrected chi connectivity index (χ4v) is 4.81. The average molecular weight is 476 g/mol. The molecule has 8 nitrogen and oxygen atoms in total. The number of rotatable bonds is 7. The summed E-state index contributed by atoms with van der Waals surface area (Å²) in [6.45, 7) is 4.89. The molecule has 0 aliphatic carbocycles. The molecule has 0 unspecified atom stereocenters. The van der Waals surface area contributed by atoms with Gasteiger partial charge in [-0.25, -0.2) is 4.79 Å². The summed E-state index contributed by atoms with van der Waals surface area (Å²) < 4.78 is 18.2. The summed E-state index contributed by atoms with van der Waals surface area (Å²) in [6.07, 6.45) is 3.89. The third-order valence-corrected chi connectivity index (χ3v) is 6.78. The zero-order chi connectivity index (χ0) is 23.4. The van der Waals surface area contributed by atoms with Crippen molar-refractivity contribution in [1.82, 2.24) is 15.1 Å². The van der Waals surface area contributed by atoms with Gasteiger partial charge in [-0.2, -0.15) is 5.10 Å². The molecule has 0 bridgehead atoms. The van der Waals surface area contributed by atoms with E-state index in [9.17, 15) is 9.59 Å². The van der Waals surface area contributed by atoms with E-state index in [1.165, 1.54) is 7.11 Å². The predicted molar refractivity (Wildman–Crippen MR) is 123 cm³/mol. The number of amides is 1. The number of fused-ring (bicyclic) bond motifs is 1. The summed E-state index contributed by atoms with van der Waals surface area (Å²) in [7, 11) is 1.48. The molecule has 4 rings (SSSR count). The van der Waals surface area contributed by atoms with Gasteiger partial charge in [0.1, 0.15) is 11.3 Å². The highest BCUT2D eigenvalue weighted by molar-refractivity contribution is 6.30. The van der Waals surface area contributed by atoms with Crippen molar-refractivity contribution >= 4 is 23.5 Å². The first-order chi connectivity index (χ1) is 16.0. The van der Waals surface area contributed by atoms with Gasteiger partial charge in [-0.1, -0.05) is 18.5 Å². The van der Waals surface area contributed by atoms with Crippen LogP contribution in [0.3, 0.4) is 0 Å². The summed E-state index contributed by atoms with van der Waals surface area (Å²) >= 11 is 5.97. The first-order valence-electron chi connectivity index (χ1n) is 11.4. The quantitative estimate of drug-likeness (QED) is 0.487. The topological polar surface area (TPSA) is 91.7 Å². The number of ether oxygens (including phenoxy) is 3. The Morgan fingerprint density at radius 1 is 1.33 bits per heavy atom. The fraction of sp³-hybridized carbons (Fsp3) is 0.542. The number of carbonyl (C=O) groups excluding carboxylic acids is 2. The highest BCUT2D eigenvalue weighted by atomic mass is 35.5. The third-order valence-electron chi connectivity index (χ3n) is 6.54. The van der Waals surface area contributed by atoms with Gasteiger partial charge >= 0.3 is 5.97 Å². The van der Waals surface area contributed by atoms with Crippen molar-refractivity contribution in [3.8, 4) is 5.75 Å². The van der Waals surface area contributed by atoms with Gasteiger partial charge in [0.2, 0.25) is 0 Å². The predicted octanol–water partition coefficient (Wildman–Crippen LogP) is 3.44. The molecule has 1 N–H and O–H groups in total. The standard InChI is InChI=1S/C24H30ClN3O5/c1-3-18-21-19(14-24(15-26-22(21)29)7-11-32-12-8-24)28(27-18)9-4-10-33-23(30)17-6-5-16(25)13-20(17)31-2/h5-6,13H,3-4,7-12,14-15H2,1-2H3,(H,26,29). The van der Waals surface area contributed by atoms with Crippen LogP contribution in [0.1, 0.15) is 58.3 Å². The van der Waals surface area contributed by atoms with Gasteiger partial charge in [0, 0.05) is 37.7 Å². The van der Waals surface area contributed by atoms with Crippen molar-refractivity contribution in [2.75, 3.05) is 33.5 Å². The number of aromatic nitrogens is 2. The monoisotopic (exact) mass is 475 g/mol. The van der Waals surface area contributed by atoms with E-state index in [-0.39, 0.29) is 17.9 Å². The van der Waals surface area contributed by atoms with Crippen LogP contribution in [0.2, 0.25) is 5.02 Å². The normalized spacial score (nSPS) is 17.2. The second-order valence-electron chi connectivity index (χ2n) is 8.65. The SMILES string of the molecule is CCc1nn(CCCOC(=O)c2ccc(Cl)cc2OC)c2c1C(=O)NCC1(CCOCC1)C2. The lowest BCUT2D eigenvalue weighted by Crippen LogP contribution is -2.40. The molecule has 1 fully saturated rings. The Kier molecular flexibility index (Phi) is 7.24. The van der Waals surface area contributed by atoms with E-state index in [1.807, 2.05) is 11.6 Å². The molecule has 9 heteroatoms. The van der Waals surface area contributed by atoms with Crippen LogP contribution in [0.5, 0.6) is 5.75 Å². The minimum Gasteiger partial charge on any atom is -0.496 e. The van der Waals surface area contributed by atoms with Gasteiger partial charge in [0.15, 0.2) is 0 Å². The highest BCUT2D eigenvalue weighted by Crippen LogP contribution is 2.37. The van der Waals surface area contributed by atoms with E-state index in [0.29, 0.717) is 61.0 Å². The molecule has 2 aromatic rings. The number of hydrogen-bond acceptors (Lipinski definition) is 6. The van der Waals surface area contributed by atoms with Gasteiger partial charge in [-0.05, 0) is 49.3 Å². The molecule has 1 amide bonds. The molecule has 0 radical (unpaired) electrons. The van der Waals surface area contributed by atoms with Gasteiger partial charge in [0.25, 0.3) is 5.91 Å². The second kappa shape index (κ2) is 10.1. The minimum atomic E-state index is -0.461. The lowest BCUT2D eigenvalue weighted by molar-refractivity contribution is 0.0152. The van der Waals surface area contributed by atoms with E-state index < -0.39 is 5.97 Å². The second-order valence-corrected chi connectivity index (χ2v) is 9.09. The summed E-state index contributed by atoms with van der Waals surface area (Å²) in [5.74, 6) is -0.124. The molecule has 0 atom stereocenters. The van der Waals surface area contributed by atoms with Crippen molar-refractivity contribution in [2.24, 2.45) is 5.41 Å². The lowest BCUT2D eigenvalue weighted by atomic mass is 9.76. The van der Waals surface area contributed by atoms with E-state index in [4.69, 9.17) is 30.9 Å². The van der Waals surface area contributed by atoms with Crippen molar-refractivity contribution in [2.45, 2.75) is 45.6 Å². The Morgan fingerprint density at radius 3 is 2.85 bits per heavy atom. The van der Waals surface area contributed by atoms with Crippen LogP contribution in [0.15, 0.2) is 18.2 Å². The molecule has 2 aliphatic rings. The van der Waals surface area contributed by atoms with Gasteiger partial charge < -0.3 is 19.5 Å². The summed E-state index contributed by atoms with van der Waals surface area (Å²) in [5.41, 5.74) is 2.84. The zero-order valence-corrected chi connectivity index (χ0v) is 19.9. The van der Waals surface area contributed by atoms with Crippen LogP contribution < -0.4 is 10.1 Å². The zero-order valence-electron chi connectivity index (χ0n) is 19.1. The van der Waals surface area contributed by atoms with Crippen molar-refractivity contribution in [3.05, 3.63) is 45.7 Å². The van der Waals surface area contributed by atoms with Crippen molar-refractivity contribution < 1.29 is 23.8 Å². The molecule has 1 aromatic carbocycles. The Hall–Kier alpha value is -2.58. The van der Waals surface area contributed by atoms with Crippen LogP contribution >= 0.6 is 11.6 Å². The first kappa shape index (κ1) is 23.6. The summed E-state index contributed by atoms with van der Waals surface area (Å²) in [4.78, 5) is 25.4. The number of methoxy groups -OCH3 is 1. The molecular weight excluding hydrogens is 446 g/mol. The van der Waals surface area contributed by atoms with Crippen LogP contribution in [-0.4, -0.2) is 55.1 Å². The molecule has 2 aliphatic heterocycles. The molecule has 33 heavy (non-hydrogen) atoms. The van der Waals surface area contributed by atoms with Crippen LogP contribution in [0, 0.1) is 5.41 Å². The van der Waals surface area contributed by atoms with E-state index in [2.05, 4.69) is 5.32 Å². The van der Waals surface area contributed by atoms with Crippen LogP contribution in [0.4, 0.5) is 0 Å². The molecule has 0 saturated carbocycles. The van der Waals surface area contributed by atoms with E-state index in [1.54, 1.807) is 18.2 Å². The molecule has 1 aromatic heterocycles. The van der Waals surface area contributed by atoms with Crippen LogP contribution in [0.25, 0.3) is 0 Å². The van der Waals surface area contributed by atoms with Crippen molar-refractivity contribution in [3.63, 3.8) is 0 Å². The molecule has 1 spiro atoms. The number of esters is 1. The third kappa shape index (κ3) is 5.01. The number of halogens is 1. The molecular formula is C24H30ClN3O5. The molecule has 178 valence electrons. The summed E-state index contributed by atoms with van der Waals surface area (Å²) in [6, 6.07) is 4.81. The number of nitrogens with zero attached hydrogens (tertiary/aromatic N) is 2. The maximum absolute atomic E-state index is 12.9. The van der Waals surface area contributed by atoms with Gasteiger partial charge in [0.05, 0.1) is 30.7 Å². The van der Waals surface area contributed by atoms with Crippen molar-refractivity contribution in [1.29, 1.82) is 0 Å². The van der Waals surface area contributed by atoms with Gasteiger partial charge in [-0.3, -0.25) is 9.48 Å². The minimum absolute atomic E-state index is 0.000439. The number of carbonyl (C=O) groups is 2. The Labute approximate surface area is 198 Å². The Morgan fingerprint density at radius 2 is 2.12 bits per heavy atom. The van der Waals surface area contributed by atoms with Gasteiger partial charge in [-0.15, -0.1) is 0 Å². The molecule has 3 heterocycles. The maximum Gasteiger partial charge on any atom is 0.341 e. The smallest absolute Gasteiger partial charge is 0.341 e. The Balaban J connectivity index is 1.45. The number of hydrogen-bond donors (Lipinski definition) is 1. The first-order valence-corrected chi connectivity index (χ1v) is 11.8. The molecule has 1 saturated heterocycles.